The fourth-order valence-electron chi connectivity index (χ4n) is 1.41. The molecule has 2 N–H and O–H groups in total. The minimum absolute atomic E-state index is 0.139. The summed E-state index contributed by atoms with van der Waals surface area (Å²) in [7, 11) is 0. The first-order chi connectivity index (χ1) is 9.65. The quantitative estimate of drug-likeness (QED) is 0.384. The molecule has 1 amide bonds. The Labute approximate surface area is 125 Å². The number of carbonyl (C=O) groups is 1. The lowest BCUT2D eigenvalue weighted by Gasteiger charge is -2.08. The van der Waals surface area contributed by atoms with E-state index in [1.807, 2.05) is 0 Å². The molecule has 0 bridgehead atoms. The van der Waals surface area contributed by atoms with Crippen molar-refractivity contribution >= 4 is 35.0 Å². The molecular formula is C13H12ClN3O2S. The maximum Gasteiger partial charge on any atom is 0.251 e. The molecule has 0 fully saturated rings. The maximum atomic E-state index is 11.6. The maximum absolute atomic E-state index is 11.6. The second-order valence-electron chi connectivity index (χ2n) is 3.84. The standard InChI is InChI=1S/C13H12ClN3O2S/c14-10-4-3-5-11(8-10)15-16-12(18)9-20-13-6-1-2-7-17(13)19/h1-8,15H,9H2,(H,16,18). The Bertz CT molecular complexity index is 610. The zero-order valence-electron chi connectivity index (χ0n) is 10.4. The lowest BCUT2D eigenvalue weighted by atomic mass is 10.3. The van der Waals surface area contributed by atoms with Crippen molar-refractivity contribution < 1.29 is 9.52 Å². The van der Waals surface area contributed by atoms with Crippen LogP contribution in [0.25, 0.3) is 0 Å². The summed E-state index contributed by atoms with van der Waals surface area (Å²) < 4.78 is 0.725. The van der Waals surface area contributed by atoms with Crippen LogP contribution in [0.15, 0.2) is 53.7 Å². The number of thioether (sulfide) groups is 1. The molecule has 0 aliphatic heterocycles. The van der Waals surface area contributed by atoms with Crippen LogP contribution in [0, 0.1) is 5.21 Å². The lowest BCUT2D eigenvalue weighted by molar-refractivity contribution is -0.645. The highest BCUT2D eigenvalue weighted by molar-refractivity contribution is 7.99. The highest BCUT2D eigenvalue weighted by Gasteiger charge is 2.08. The van der Waals surface area contributed by atoms with Crippen LogP contribution < -0.4 is 15.6 Å². The van der Waals surface area contributed by atoms with Crippen LogP contribution in [0.2, 0.25) is 5.02 Å². The van der Waals surface area contributed by atoms with Crippen LogP contribution in [0.5, 0.6) is 0 Å². The molecular weight excluding hydrogens is 298 g/mol. The van der Waals surface area contributed by atoms with E-state index in [1.54, 1.807) is 42.5 Å². The summed E-state index contributed by atoms with van der Waals surface area (Å²) in [5.74, 6) is -0.0985. The zero-order chi connectivity index (χ0) is 14.4. The Balaban J connectivity index is 1.80. The first kappa shape index (κ1) is 14.5. The van der Waals surface area contributed by atoms with E-state index in [9.17, 15) is 10.0 Å². The average molecular weight is 310 g/mol. The SMILES string of the molecule is O=C(CSc1cccc[n+]1[O-])NNc1cccc(Cl)c1. The monoisotopic (exact) mass is 309 g/mol. The number of benzene rings is 1. The Morgan fingerprint density at radius 2 is 2.15 bits per heavy atom. The van der Waals surface area contributed by atoms with Gasteiger partial charge in [0, 0.05) is 17.2 Å². The highest BCUT2D eigenvalue weighted by Crippen LogP contribution is 2.14. The number of amides is 1. The number of hydrogen-bond acceptors (Lipinski definition) is 4. The van der Waals surface area contributed by atoms with E-state index in [4.69, 9.17) is 11.6 Å². The Kier molecular flexibility index (Phi) is 5.09. The van der Waals surface area contributed by atoms with Gasteiger partial charge in [-0.3, -0.25) is 15.6 Å². The minimum atomic E-state index is -0.237. The number of aromatic nitrogens is 1. The van der Waals surface area contributed by atoms with Crippen LogP contribution in [-0.2, 0) is 4.79 Å². The molecule has 5 nitrogen and oxygen atoms in total. The number of nitrogens with one attached hydrogen (secondary N) is 2. The molecule has 7 heteroatoms. The molecule has 0 saturated heterocycles. The molecule has 2 aromatic rings. The van der Waals surface area contributed by atoms with E-state index in [0.717, 1.165) is 4.73 Å². The van der Waals surface area contributed by atoms with Crippen molar-refractivity contribution in [2.24, 2.45) is 0 Å². The number of carbonyl (C=O) groups excluding carboxylic acids is 1. The van der Waals surface area contributed by atoms with Gasteiger partial charge >= 0.3 is 0 Å². The third kappa shape index (κ3) is 4.32. The zero-order valence-corrected chi connectivity index (χ0v) is 11.9. The molecule has 20 heavy (non-hydrogen) atoms. The van der Waals surface area contributed by atoms with Gasteiger partial charge in [-0.05, 0) is 36.0 Å². The molecule has 0 aliphatic rings. The van der Waals surface area contributed by atoms with E-state index in [2.05, 4.69) is 10.9 Å². The number of pyridine rings is 1. The van der Waals surface area contributed by atoms with E-state index < -0.39 is 0 Å². The molecule has 1 heterocycles. The van der Waals surface area contributed by atoms with Crippen molar-refractivity contribution in [3.63, 3.8) is 0 Å². The van der Waals surface area contributed by atoms with Gasteiger partial charge in [0.25, 0.3) is 5.03 Å². The van der Waals surface area contributed by atoms with E-state index in [0.29, 0.717) is 15.7 Å². The van der Waals surface area contributed by atoms with Gasteiger partial charge in [-0.15, -0.1) is 0 Å². The van der Waals surface area contributed by atoms with Gasteiger partial charge in [-0.2, -0.15) is 4.73 Å². The van der Waals surface area contributed by atoms with Crippen LogP contribution in [0.3, 0.4) is 0 Å². The normalized spacial score (nSPS) is 10.1. The highest BCUT2D eigenvalue weighted by atomic mass is 35.5. The van der Waals surface area contributed by atoms with Crippen molar-refractivity contribution in [2.45, 2.75) is 5.03 Å². The second-order valence-corrected chi connectivity index (χ2v) is 5.27. The van der Waals surface area contributed by atoms with Crippen LogP contribution in [0.4, 0.5) is 5.69 Å². The van der Waals surface area contributed by atoms with Gasteiger partial charge in [-0.25, -0.2) is 0 Å². The summed E-state index contributed by atoms with van der Waals surface area (Å²) in [6.45, 7) is 0. The molecule has 0 radical (unpaired) electrons. The van der Waals surface area contributed by atoms with E-state index >= 15 is 0 Å². The molecule has 0 saturated carbocycles. The number of hydrazine groups is 1. The Hall–Kier alpha value is -1.92. The third-order valence-electron chi connectivity index (χ3n) is 2.31. The Morgan fingerprint density at radius 3 is 2.90 bits per heavy atom. The van der Waals surface area contributed by atoms with Gasteiger partial charge < -0.3 is 5.21 Å². The van der Waals surface area contributed by atoms with Crippen molar-refractivity contribution in [3.8, 4) is 0 Å². The van der Waals surface area contributed by atoms with Gasteiger partial charge in [0.1, 0.15) is 0 Å². The first-order valence-corrected chi connectivity index (χ1v) is 7.13. The number of halogens is 1. The summed E-state index contributed by atoms with van der Waals surface area (Å²) in [6.07, 6.45) is 1.39. The molecule has 0 unspecified atom stereocenters. The summed E-state index contributed by atoms with van der Waals surface area (Å²) in [4.78, 5) is 11.6. The van der Waals surface area contributed by atoms with E-state index in [1.165, 1.54) is 18.0 Å². The topological polar surface area (TPSA) is 68.1 Å². The van der Waals surface area contributed by atoms with Gasteiger partial charge in [0.05, 0.1) is 11.4 Å². The third-order valence-corrected chi connectivity index (χ3v) is 3.56. The largest absolute Gasteiger partial charge is 0.618 e. The fourth-order valence-corrected chi connectivity index (χ4v) is 2.31. The summed E-state index contributed by atoms with van der Waals surface area (Å²) in [5, 5.41) is 12.4. The van der Waals surface area contributed by atoms with Crippen LogP contribution in [0.1, 0.15) is 0 Å². The summed E-state index contributed by atoms with van der Waals surface area (Å²) in [6, 6.07) is 12.0. The van der Waals surface area contributed by atoms with E-state index in [-0.39, 0.29) is 11.7 Å². The molecule has 2 rings (SSSR count). The van der Waals surface area contributed by atoms with Crippen LogP contribution >= 0.6 is 23.4 Å². The summed E-state index contributed by atoms with van der Waals surface area (Å²) in [5.41, 5.74) is 5.98. The molecule has 0 atom stereocenters. The van der Waals surface area contributed by atoms with Crippen molar-refractivity contribution in [1.82, 2.24) is 5.43 Å². The fraction of sp³-hybridized carbons (Fsp3) is 0.0769. The van der Waals surface area contributed by atoms with Crippen LogP contribution in [-0.4, -0.2) is 11.7 Å². The minimum Gasteiger partial charge on any atom is -0.618 e. The smallest absolute Gasteiger partial charge is 0.251 e. The second kappa shape index (κ2) is 7.02. The summed E-state index contributed by atoms with van der Waals surface area (Å²) >= 11 is 6.99. The molecule has 1 aromatic heterocycles. The predicted molar refractivity (Wildman–Crippen MR) is 79.3 cm³/mol. The molecule has 104 valence electrons. The van der Waals surface area contributed by atoms with Gasteiger partial charge in [0.2, 0.25) is 5.91 Å². The average Bonchev–Trinajstić information content (AvgIpc) is 2.44. The predicted octanol–water partition coefficient (Wildman–Crippen LogP) is 2.21. The molecule has 1 aromatic carbocycles. The van der Waals surface area contributed by atoms with Gasteiger partial charge in [0.15, 0.2) is 6.20 Å². The van der Waals surface area contributed by atoms with Crippen molar-refractivity contribution in [1.29, 1.82) is 0 Å². The van der Waals surface area contributed by atoms with Crippen molar-refractivity contribution in [3.05, 3.63) is 58.9 Å². The Morgan fingerprint density at radius 1 is 1.30 bits per heavy atom. The first-order valence-electron chi connectivity index (χ1n) is 5.76. The molecule has 0 spiro atoms. The lowest BCUT2D eigenvalue weighted by Crippen LogP contribution is -2.32. The number of nitrogens with zero attached hydrogens (tertiary/aromatic N) is 1. The van der Waals surface area contributed by atoms with Crippen molar-refractivity contribution in [2.75, 3.05) is 11.2 Å². The molecule has 0 aliphatic carbocycles. The number of hydrogen-bond donors (Lipinski definition) is 2. The number of rotatable bonds is 5. The van der Waals surface area contributed by atoms with Gasteiger partial charge in [-0.1, -0.05) is 17.7 Å². The number of anilines is 1.